The van der Waals surface area contributed by atoms with Crippen molar-refractivity contribution in [3.63, 3.8) is 0 Å². The van der Waals surface area contributed by atoms with Gasteiger partial charge in [0.25, 0.3) is 0 Å². The van der Waals surface area contributed by atoms with E-state index in [9.17, 15) is 0 Å². The molecular formula is C13H14ClN3S. The molecule has 0 saturated heterocycles. The quantitative estimate of drug-likeness (QED) is 0.789. The summed E-state index contributed by atoms with van der Waals surface area (Å²) >= 11 is 7.94. The molecule has 1 aromatic heterocycles. The summed E-state index contributed by atoms with van der Waals surface area (Å²) in [6, 6.07) is 8.58. The second-order valence-corrected chi connectivity index (χ2v) is 6.25. The highest BCUT2D eigenvalue weighted by molar-refractivity contribution is 7.99. The molecule has 1 unspecified atom stereocenters. The van der Waals surface area contributed by atoms with Gasteiger partial charge in [-0.3, -0.25) is 0 Å². The van der Waals surface area contributed by atoms with Crippen molar-refractivity contribution in [3.8, 4) is 0 Å². The van der Waals surface area contributed by atoms with Crippen LogP contribution in [-0.4, -0.2) is 14.8 Å². The predicted octanol–water partition coefficient (Wildman–Crippen LogP) is 4.12. The zero-order valence-corrected chi connectivity index (χ0v) is 11.7. The molecular weight excluding hydrogens is 266 g/mol. The molecule has 1 aromatic carbocycles. The lowest BCUT2D eigenvalue weighted by molar-refractivity contribution is 0.661. The van der Waals surface area contributed by atoms with Gasteiger partial charge in [0, 0.05) is 16.3 Å². The Bertz CT molecular complexity index is 551. The minimum atomic E-state index is 0.278. The molecule has 0 aliphatic heterocycles. The minimum absolute atomic E-state index is 0.278. The summed E-state index contributed by atoms with van der Waals surface area (Å²) in [5.74, 6) is 0. The average Bonchev–Trinajstić information content (AvgIpc) is 3.11. The Kier molecular flexibility index (Phi) is 3.31. The van der Waals surface area contributed by atoms with Crippen LogP contribution in [0.3, 0.4) is 0 Å². The van der Waals surface area contributed by atoms with Crippen LogP contribution in [0.15, 0.2) is 35.7 Å². The highest BCUT2D eigenvalue weighted by Gasteiger charge is 2.27. The molecule has 3 nitrogen and oxygen atoms in total. The number of aromatic nitrogens is 3. The molecule has 0 radical (unpaired) electrons. The maximum atomic E-state index is 6.22. The van der Waals surface area contributed by atoms with Gasteiger partial charge in [-0.05, 0) is 31.4 Å². The lowest BCUT2D eigenvalue weighted by Gasteiger charge is -2.13. The summed E-state index contributed by atoms with van der Waals surface area (Å²) < 4.78 is 2.18. The number of hydrogen-bond acceptors (Lipinski definition) is 3. The number of rotatable bonds is 4. The molecule has 94 valence electrons. The number of halogens is 1. The monoisotopic (exact) mass is 279 g/mol. The minimum Gasteiger partial charge on any atom is -0.306 e. The van der Waals surface area contributed by atoms with Crippen LogP contribution in [-0.2, 0) is 0 Å². The van der Waals surface area contributed by atoms with Gasteiger partial charge in [-0.2, -0.15) is 0 Å². The van der Waals surface area contributed by atoms with Gasteiger partial charge >= 0.3 is 0 Å². The molecule has 0 N–H and O–H groups in total. The summed E-state index contributed by atoms with van der Waals surface area (Å²) in [6.07, 6.45) is 4.32. The second kappa shape index (κ2) is 4.94. The zero-order chi connectivity index (χ0) is 12.5. The van der Waals surface area contributed by atoms with Crippen molar-refractivity contribution in [1.29, 1.82) is 0 Å². The number of thioether (sulfide) groups is 1. The van der Waals surface area contributed by atoms with Gasteiger partial charge < -0.3 is 4.57 Å². The van der Waals surface area contributed by atoms with Gasteiger partial charge in [0.15, 0.2) is 5.16 Å². The van der Waals surface area contributed by atoms with E-state index in [4.69, 9.17) is 11.6 Å². The summed E-state index contributed by atoms with van der Waals surface area (Å²) in [7, 11) is 0. The van der Waals surface area contributed by atoms with Gasteiger partial charge in [0.05, 0.1) is 0 Å². The summed E-state index contributed by atoms with van der Waals surface area (Å²) in [5, 5.41) is 10.3. The van der Waals surface area contributed by atoms with E-state index in [2.05, 4.69) is 27.8 Å². The Morgan fingerprint density at radius 2 is 2.17 bits per heavy atom. The Labute approximate surface area is 116 Å². The molecule has 1 aliphatic rings. The fourth-order valence-corrected chi connectivity index (χ4v) is 3.37. The van der Waals surface area contributed by atoms with E-state index in [0.717, 1.165) is 15.7 Å². The van der Waals surface area contributed by atoms with Crippen molar-refractivity contribution >= 4 is 23.4 Å². The smallest absolute Gasteiger partial charge is 0.191 e. The normalized spacial score (nSPS) is 16.8. The third-order valence-electron chi connectivity index (χ3n) is 3.11. The largest absolute Gasteiger partial charge is 0.306 e. The van der Waals surface area contributed by atoms with Crippen molar-refractivity contribution in [2.24, 2.45) is 0 Å². The first kappa shape index (κ1) is 12.1. The number of benzene rings is 1. The van der Waals surface area contributed by atoms with Crippen LogP contribution in [0.25, 0.3) is 0 Å². The van der Waals surface area contributed by atoms with Crippen LogP contribution in [0.2, 0.25) is 5.02 Å². The molecule has 3 rings (SSSR count). The van der Waals surface area contributed by atoms with Crippen LogP contribution in [0.5, 0.6) is 0 Å². The third kappa shape index (κ3) is 2.40. The second-order valence-electron chi connectivity index (χ2n) is 4.53. The lowest BCUT2D eigenvalue weighted by atomic mass is 10.2. The van der Waals surface area contributed by atoms with Crippen molar-refractivity contribution in [1.82, 2.24) is 14.8 Å². The van der Waals surface area contributed by atoms with Crippen LogP contribution in [0.1, 0.15) is 36.6 Å². The fraction of sp³-hybridized carbons (Fsp3) is 0.385. The molecule has 1 aliphatic carbocycles. The topological polar surface area (TPSA) is 30.7 Å². The van der Waals surface area contributed by atoms with E-state index in [1.807, 2.05) is 24.5 Å². The van der Waals surface area contributed by atoms with Gasteiger partial charge in [-0.25, -0.2) is 0 Å². The van der Waals surface area contributed by atoms with Gasteiger partial charge in [-0.1, -0.05) is 41.6 Å². The van der Waals surface area contributed by atoms with Crippen LogP contribution in [0.4, 0.5) is 0 Å². The Morgan fingerprint density at radius 1 is 1.39 bits per heavy atom. The maximum Gasteiger partial charge on any atom is 0.191 e. The first-order chi connectivity index (χ1) is 8.75. The van der Waals surface area contributed by atoms with Crippen LogP contribution in [0, 0.1) is 0 Å². The van der Waals surface area contributed by atoms with E-state index in [0.29, 0.717) is 6.04 Å². The van der Waals surface area contributed by atoms with E-state index in [1.165, 1.54) is 12.8 Å². The van der Waals surface area contributed by atoms with Crippen molar-refractivity contribution < 1.29 is 0 Å². The number of nitrogens with zero attached hydrogens (tertiary/aromatic N) is 3. The molecule has 1 atom stereocenters. The highest BCUT2D eigenvalue weighted by Crippen LogP contribution is 2.41. The van der Waals surface area contributed by atoms with Crippen LogP contribution < -0.4 is 0 Å². The van der Waals surface area contributed by atoms with E-state index >= 15 is 0 Å². The molecule has 18 heavy (non-hydrogen) atoms. The predicted molar refractivity (Wildman–Crippen MR) is 74.0 cm³/mol. The molecule has 2 aromatic rings. The SMILES string of the molecule is CC(Sc1nncn1C1CC1)c1ccccc1Cl. The number of hydrogen-bond donors (Lipinski definition) is 0. The highest BCUT2D eigenvalue weighted by atomic mass is 35.5. The summed E-state index contributed by atoms with van der Waals surface area (Å²) in [5.41, 5.74) is 1.15. The lowest BCUT2D eigenvalue weighted by Crippen LogP contribution is -1.97. The zero-order valence-electron chi connectivity index (χ0n) is 10.1. The molecule has 1 fully saturated rings. The third-order valence-corrected chi connectivity index (χ3v) is 4.56. The first-order valence-electron chi connectivity index (χ1n) is 6.06. The Balaban J connectivity index is 1.79. The van der Waals surface area contributed by atoms with Gasteiger partial charge in [-0.15, -0.1) is 10.2 Å². The van der Waals surface area contributed by atoms with Gasteiger partial charge in [0.1, 0.15) is 6.33 Å². The maximum absolute atomic E-state index is 6.22. The van der Waals surface area contributed by atoms with E-state index < -0.39 is 0 Å². The summed E-state index contributed by atoms with van der Waals surface area (Å²) in [4.78, 5) is 0. The van der Waals surface area contributed by atoms with Crippen LogP contribution >= 0.6 is 23.4 Å². The standard InChI is InChI=1S/C13H14ClN3S/c1-9(11-4-2-3-5-12(11)14)18-13-16-15-8-17(13)10-6-7-10/h2-5,8-10H,6-7H2,1H3. The summed E-state index contributed by atoms with van der Waals surface area (Å²) in [6.45, 7) is 2.15. The Morgan fingerprint density at radius 3 is 2.89 bits per heavy atom. The van der Waals surface area contributed by atoms with Crippen molar-refractivity contribution in [3.05, 3.63) is 41.2 Å². The first-order valence-corrected chi connectivity index (χ1v) is 7.32. The molecule has 0 spiro atoms. The molecule has 0 amide bonds. The Hall–Kier alpha value is -1.00. The average molecular weight is 280 g/mol. The molecule has 1 heterocycles. The van der Waals surface area contributed by atoms with E-state index in [1.54, 1.807) is 11.8 Å². The molecule has 0 bridgehead atoms. The van der Waals surface area contributed by atoms with Crippen molar-refractivity contribution in [2.45, 2.75) is 36.2 Å². The van der Waals surface area contributed by atoms with E-state index in [-0.39, 0.29) is 5.25 Å². The fourth-order valence-electron chi connectivity index (χ4n) is 1.95. The van der Waals surface area contributed by atoms with Gasteiger partial charge in [0.2, 0.25) is 0 Å². The molecule has 5 heteroatoms. The van der Waals surface area contributed by atoms with Crippen molar-refractivity contribution in [2.75, 3.05) is 0 Å². The molecule has 1 saturated carbocycles.